The second-order valence-corrected chi connectivity index (χ2v) is 8.67. The van der Waals surface area contributed by atoms with E-state index < -0.39 is 0 Å². The molecule has 1 fully saturated rings. The van der Waals surface area contributed by atoms with Crippen LogP contribution >= 0.6 is 0 Å². The SMILES string of the molecule is Cc1ccc([C@H]2NC(=O)N(C)C3=C2C(=O)N(CCCN2CCCC[C@@H]2C)C3)cc1. The van der Waals surface area contributed by atoms with E-state index in [4.69, 9.17) is 0 Å². The van der Waals surface area contributed by atoms with Crippen LogP contribution in [0.1, 0.15) is 49.8 Å². The van der Waals surface area contributed by atoms with Gasteiger partial charge < -0.3 is 15.1 Å². The standard InChI is InChI=1S/C23H32N4O2/c1-16-8-10-18(11-9-16)21-20-19(25(3)23(29)24-21)15-27(22(20)28)14-6-13-26-12-5-4-7-17(26)2/h8-11,17,21H,4-7,12-15H2,1-3H3,(H,24,29)/t17-,21+/m0/s1. The summed E-state index contributed by atoms with van der Waals surface area (Å²) in [6.07, 6.45) is 4.85. The smallest absolute Gasteiger partial charge is 0.322 e. The predicted molar refractivity (Wildman–Crippen MR) is 113 cm³/mol. The number of benzene rings is 1. The molecular formula is C23H32N4O2. The zero-order valence-corrected chi connectivity index (χ0v) is 17.8. The summed E-state index contributed by atoms with van der Waals surface area (Å²) < 4.78 is 0. The van der Waals surface area contributed by atoms with Crippen LogP contribution in [-0.4, -0.2) is 65.9 Å². The van der Waals surface area contributed by atoms with Gasteiger partial charge in [-0.15, -0.1) is 0 Å². The van der Waals surface area contributed by atoms with Crippen molar-refractivity contribution in [2.75, 3.05) is 33.2 Å². The summed E-state index contributed by atoms with van der Waals surface area (Å²) >= 11 is 0. The molecule has 156 valence electrons. The lowest BCUT2D eigenvalue weighted by Gasteiger charge is -2.33. The van der Waals surface area contributed by atoms with E-state index in [9.17, 15) is 9.59 Å². The number of rotatable bonds is 5. The molecule has 1 aromatic carbocycles. The molecule has 3 heterocycles. The van der Waals surface area contributed by atoms with Crippen molar-refractivity contribution in [3.05, 3.63) is 46.7 Å². The van der Waals surface area contributed by atoms with Gasteiger partial charge in [0, 0.05) is 26.2 Å². The Morgan fingerprint density at radius 2 is 1.86 bits per heavy atom. The maximum Gasteiger partial charge on any atom is 0.322 e. The largest absolute Gasteiger partial charge is 0.333 e. The minimum absolute atomic E-state index is 0.0594. The van der Waals surface area contributed by atoms with E-state index in [2.05, 4.69) is 17.1 Å². The first-order valence-electron chi connectivity index (χ1n) is 10.8. The quantitative estimate of drug-likeness (QED) is 0.832. The Labute approximate surface area is 173 Å². The number of carbonyl (C=O) groups excluding carboxylic acids is 2. The van der Waals surface area contributed by atoms with Gasteiger partial charge in [0.15, 0.2) is 0 Å². The summed E-state index contributed by atoms with van der Waals surface area (Å²) in [5.74, 6) is 0.0594. The van der Waals surface area contributed by atoms with Crippen molar-refractivity contribution >= 4 is 11.9 Å². The fourth-order valence-electron chi connectivity index (χ4n) is 4.77. The van der Waals surface area contributed by atoms with Crippen molar-refractivity contribution in [2.45, 2.75) is 51.6 Å². The van der Waals surface area contributed by atoms with E-state index in [-0.39, 0.29) is 18.0 Å². The highest BCUT2D eigenvalue weighted by atomic mass is 16.2. The van der Waals surface area contributed by atoms with E-state index in [0.717, 1.165) is 41.9 Å². The zero-order chi connectivity index (χ0) is 20.5. The van der Waals surface area contributed by atoms with Gasteiger partial charge in [0.2, 0.25) is 0 Å². The monoisotopic (exact) mass is 396 g/mol. The van der Waals surface area contributed by atoms with Crippen molar-refractivity contribution in [2.24, 2.45) is 0 Å². The molecule has 4 rings (SSSR count). The normalized spacial score (nSPS) is 25.5. The first-order chi connectivity index (χ1) is 14.0. The molecule has 0 radical (unpaired) electrons. The van der Waals surface area contributed by atoms with Gasteiger partial charge in [-0.25, -0.2) is 4.79 Å². The highest BCUT2D eigenvalue weighted by Crippen LogP contribution is 2.35. The third-order valence-corrected chi connectivity index (χ3v) is 6.66. The number of nitrogens with zero attached hydrogens (tertiary/aromatic N) is 3. The van der Waals surface area contributed by atoms with Crippen molar-refractivity contribution in [3.8, 4) is 0 Å². The molecule has 1 saturated heterocycles. The Morgan fingerprint density at radius 3 is 2.59 bits per heavy atom. The summed E-state index contributed by atoms with van der Waals surface area (Å²) in [6.45, 7) is 7.80. The van der Waals surface area contributed by atoms with Gasteiger partial charge in [0.1, 0.15) is 0 Å². The van der Waals surface area contributed by atoms with Crippen LogP contribution in [0, 0.1) is 6.92 Å². The van der Waals surface area contributed by atoms with Crippen LogP contribution in [0.15, 0.2) is 35.5 Å². The summed E-state index contributed by atoms with van der Waals surface area (Å²) in [5, 5.41) is 3.01. The van der Waals surface area contributed by atoms with Crippen LogP contribution in [0.3, 0.4) is 0 Å². The molecular weight excluding hydrogens is 364 g/mol. The van der Waals surface area contributed by atoms with Gasteiger partial charge >= 0.3 is 6.03 Å². The lowest BCUT2D eigenvalue weighted by Crippen LogP contribution is -2.45. The van der Waals surface area contributed by atoms with Gasteiger partial charge in [-0.1, -0.05) is 36.2 Å². The number of likely N-dealkylation sites (N-methyl/N-ethyl adjacent to an activating group) is 1. The van der Waals surface area contributed by atoms with E-state index in [1.54, 1.807) is 11.9 Å². The summed E-state index contributed by atoms with van der Waals surface area (Å²) in [5.41, 5.74) is 3.69. The van der Waals surface area contributed by atoms with Crippen LogP contribution in [0.25, 0.3) is 0 Å². The molecule has 0 saturated carbocycles. The van der Waals surface area contributed by atoms with Gasteiger partial charge in [-0.2, -0.15) is 0 Å². The van der Waals surface area contributed by atoms with Gasteiger partial charge in [-0.05, 0) is 45.2 Å². The topological polar surface area (TPSA) is 55.9 Å². The third kappa shape index (κ3) is 3.90. The molecule has 0 aliphatic carbocycles. The number of amides is 3. The molecule has 0 unspecified atom stereocenters. The lowest BCUT2D eigenvalue weighted by molar-refractivity contribution is -0.125. The minimum atomic E-state index is -0.367. The number of urea groups is 1. The van der Waals surface area contributed by atoms with Gasteiger partial charge in [-0.3, -0.25) is 9.69 Å². The number of aryl methyl sites for hydroxylation is 1. The van der Waals surface area contributed by atoms with Crippen molar-refractivity contribution < 1.29 is 9.59 Å². The molecule has 6 heteroatoms. The van der Waals surface area contributed by atoms with Gasteiger partial charge in [0.25, 0.3) is 5.91 Å². The average Bonchev–Trinajstić information content (AvgIpc) is 3.04. The first-order valence-corrected chi connectivity index (χ1v) is 10.8. The Bertz CT molecular complexity index is 817. The lowest BCUT2D eigenvalue weighted by atomic mass is 9.95. The summed E-state index contributed by atoms with van der Waals surface area (Å²) in [4.78, 5) is 31.8. The highest BCUT2D eigenvalue weighted by Gasteiger charge is 2.42. The second kappa shape index (κ2) is 8.19. The van der Waals surface area contributed by atoms with Crippen LogP contribution in [0.5, 0.6) is 0 Å². The number of nitrogens with one attached hydrogen (secondary N) is 1. The molecule has 3 amide bonds. The van der Waals surface area contributed by atoms with E-state index in [0.29, 0.717) is 12.6 Å². The van der Waals surface area contributed by atoms with E-state index in [1.165, 1.54) is 25.8 Å². The van der Waals surface area contributed by atoms with E-state index >= 15 is 0 Å². The van der Waals surface area contributed by atoms with Crippen LogP contribution in [-0.2, 0) is 4.79 Å². The number of carbonyl (C=O) groups is 2. The summed E-state index contributed by atoms with van der Waals surface area (Å²) in [7, 11) is 1.75. The maximum atomic E-state index is 13.3. The molecule has 2 atom stereocenters. The number of hydrogen-bond donors (Lipinski definition) is 1. The van der Waals surface area contributed by atoms with Crippen molar-refractivity contribution in [3.63, 3.8) is 0 Å². The molecule has 1 aromatic rings. The molecule has 3 aliphatic rings. The third-order valence-electron chi connectivity index (χ3n) is 6.66. The number of piperidine rings is 1. The molecule has 29 heavy (non-hydrogen) atoms. The van der Waals surface area contributed by atoms with Crippen LogP contribution in [0.2, 0.25) is 0 Å². The zero-order valence-electron chi connectivity index (χ0n) is 17.8. The molecule has 1 N–H and O–H groups in total. The number of likely N-dealkylation sites (tertiary alicyclic amines) is 1. The Hall–Kier alpha value is -2.34. The molecule has 6 nitrogen and oxygen atoms in total. The summed E-state index contributed by atoms with van der Waals surface area (Å²) in [6, 6.07) is 8.19. The Morgan fingerprint density at radius 1 is 1.10 bits per heavy atom. The maximum absolute atomic E-state index is 13.3. The number of hydrogen-bond acceptors (Lipinski definition) is 3. The fraction of sp³-hybridized carbons (Fsp3) is 0.565. The molecule has 0 aromatic heterocycles. The predicted octanol–water partition coefficient (Wildman–Crippen LogP) is 3.05. The molecule has 3 aliphatic heterocycles. The molecule has 0 bridgehead atoms. The Balaban J connectivity index is 1.46. The minimum Gasteiger partial charge on any atom is -0.333 e. The molecule has 0 spiro atoms. The fourth-order valence-corrected chi connectivity index (χ4v) is 4.77. The Kier molecular flexibility index (Phi) is 5.63. The van der Waals surface area contributed by atoms with Gasteiger partial charge in [0.05, 0.1) is 23.9 Å². The van der Waals surface area contributed by atoms with Crippen molar-refractivity contribution in [1.82, 2.24) is 20.0 Å². The van der Waals surface area contributed by atoms with E-state index in [1.807, 2.05) is 36.1 Å². The average molecular weight is 397 g/mol. The van der Waals surface area contributed by atoms with Crippen LogP contribution < -0.4 is 5.32 Å². The van der Waals surface area contributed by atoms with Crippen LogP contribution in [0.4, 0.5) is 4.79 Å². The second-order valence-electron chi connectivity index (χ2n) is 8.67. The highest BCUT2D eigenvalue weighted by molar-refractivity contribution is 6.01. The van der Waals surface area contributed by atoms with Crippen molar-refractivity contribution in [1.29, 1.82) is 0 Å². The first kappa shape index (κ1) is 20.0.